The van der Waals surface area contributed by atoms with Crippen LogP contribution in [0.3, 0.4) is 0 Å². The van der Waals surface area contributed by atoms with Gasteiger partial charge in [-0.15, -0.1) is 0 Å². The lowest BCUT2D eigenvalue weighted by atomic mass is 10.3. The number of ether oxygens (including phenoxy) is 2. The maximum atomic E-state index is 12.6. The Hall–Kier alpha value is -1.94. The van der Waals surface area contributed by atoms with Crippen LogP contribution in [-0.4, -0.2) is 30.1 Å². The number of halogens is 7. The lowest BCUT2D eigenvalue weighted by Crippen LogP contribution is -2.24. The Morgan fingerprint density at radius 2 is 1.62 bits per heavy atom. The molecule has 0 aliphatic rings. The van der Waals surface area contributed by atoms with E-state index in [-0.39, 0.29) is 26.6 Å². The summed E-state index contributed by atoms with van der Waals surface area (Å²) in [6.45, 7) is -1.35. The molecule has 0 aliphatic heterocycles. The highest BCUT2D eigenvalue weighted by Crippen LogP contribution is 2.34. The Bertz CT molecular complexity index is 941. The van der Waals surface area contributed by atoms with Gasteiger partial charge in [0.15, 0.2) is 19.0 Å². The average Bonchev–Trinajstić information content (AvgIpc) is 2.62. The second-order valence-electron chi connectivity index (χ2n) is 5.25. The van der Waals surface area contributed by atoms with E-state index in [0.717, 1.165) is 0 Å². The molecule has 2 rings (SSSR count). The fraction of sp³-hybridized carbons (Fsp3) is 0.188. The number of amides is 1. The zero-order valence-corrected chi connectivity index (χ0v) is 17.0. The predicted molar refractivity (Wildman–Crippen MR) is 101 cm³/mol. The molecular weight excluding hydrogens is 483 g/mol. The van der Waals surface area contributed by atoms with Gasteiger partial charge in [-0.2, -0.15) is 13.2 Å². The van der Waals surface area contributed by atoms with E-state index in [9.17, 15) is 22.8 Å². The van der Waals surface area contributed by atoms with Crippen LogP contribution < -0.4 is 10.1 Å². The molecule has 1 heterocycles. The van der Waals surface area contributed by atoms with E-state index >= 15 is 0 Å². The van der Waals surface area contributed by atoms with Gasteiger partial charge in [0.25, 0.3) is 5.91 Å². The fourth-order valence-corrected chi connectivity index (χ4v) is 2.60. The quantitative estimate of drug-likeness (QED) is 0.439. The molecular formula is C16H9Cl4F3N2O4. The molecule has 13 heteroatoms. The van der Waals surface area contributed by atoms with Crippen LogP contribution in [0.1, 0.15) is 5.56 Å². The van der Waals surface area contributed by atoms with Crippen LogP contribution in [0.4, 0.5) is 19.0 Å². The number of nitrogens with zero attached hydrogens (tertiary/aromatic N) is 1. The van der Waals surface area contributed by atoms with Crippen LogP contribution >= 0.6 is 46.4 Å². The van der Waals surface area contributed by atoms with Crippen LogP contribution in [0, 0.1) is 0 Å². The number of hydrogen-bond acceptors (Lipinski definition) is 5. The molecule has 1 aromatic heterocycles. The molecule has 0 bridgehead atoms. The number of alkyl halides is 3. The summed E-state index contributed by atoms with van der Waals surface area (Å²) in [5, 5.41) is 2.14. The van der Waals surface area contributed by atoms with Gasteiger partial charge in [-0.25, -0.2) is 9.78 Å². The van der Waals surface area contributed by atoms with E-state index in [2.05, 4.69) is 15.0 Å². The highest BCUT2D eigenvalue weighted by Gasteiger charge is 2.31. The molecule has 0 radical (unpaired) electrons. The number of hydrogen-bond donors (Lipinski definition) is 1. The van der Waals surface area contributed by atoms with Crippen molar-refractivity contribution in [2.75, 3.05) is 18.5 Å². The van der Waals surface area contributed by atoms with E-state index < -0.39 is 41.9 Å². The molecule has 0 unspecified atom stereocenters. The summed E-state index contributed by atoms with van der Waals surface area (Å²) in [5.74, 6) is -2.04. The molecule has 0 fully saturated rings. The Kier molecular flexibility index (Phi) is 7.81. The summed E-state index contributed by atoms with van der Waals surface area (Å²) in [7, 11) is 0. The molecule has 0 saturated heterocycles. The summed E-state index contributed by atoms with van der Waals surface area (Å²) in [5.41, 5.74) is -1.08. The van der Waals surface area contributed by atoms with Crippen LogP contribution in [0.25, 0.3) is 0 Å². The number of nitrogens with one attached hydrogen (secondary N) is 1. The SMILES string of the molecule is O=C(COC(=O)COc1cc(Cl)c(Cl)cc1Cl)Nc1ncc(C(F)(F)F)cc1Cl. The first-order valence-electron chi connectivity index (χ1n) is 7.43. The molecule has 0 saturated carbocycles. The van der Waals surface area contributed by atoms with Crippen LogP contribution in [0.5, 0.6) is 5.75 Å². The topological polar surface area (TPSA) is 77.5 Å². The van der Waals surface area contributed by atoms with Crippen molar-refractivity contribution < 1.29 is 32.2 Å². The van der Waals surface area contributed by atoms with Gasteiger partial charge in [0.2, 0.25) is 0 Å². The minimum absolute atomic E-state index is 0.0724. The van der Waals surface area contributed by atoms with E-state index in [1.807, 2.05) is 0 Å². The number of carbonyl (C=O) groups excluding carboxylic acids is 2. The van der Waals surface area contributed by atoms with Crippen molar-refractivity contribution in [3.05, 3.63) is 50.0 Å². The number of anilines is 1. The van der Waals surface area contributed by atoms with Crippen LogP contribution in [0.2, 0.25) is 20.1 Å². The summed E-state index contributed by atoms with van der Waals surface area (Å²) in [4.78, 5) is 26.8. The van der Waals surface area contributed by atoms with Gasteiger partial charge in [-0.05, 0) is 12.1 Å². The van der Waals surface area contributed by atoms with Gasteiger partial charge in [0, 0.05) is 12.3 Å². The van der Waals surface area contributed by atoms with Gasteiger partial charge in [0.1, 0.15) is 5.75 Å². The van der Waals surface area contributed by atoms with E-state index in [1.165, 1.54) is 12.1 Å². The third kappa shape index (κ3) is 6.81. The molecule has 0 spiro atoms. The zero-order chi connectivity index (χ0) is 21.8. The number of esters is 1. The summed E-state index contributed by atoms with van der Waals surface area (Å²) in [6.07, 6.45) is -4.13. The molecule has 6 nitrogen and oxygen atoms in total. The summed E-state index contributed by atoms with van der Waals surface area (Å²) in [6, 6.07) is 3.22. The average molecular weight is 492 g/mol. The molecule has 1 amide bonds. The van der Waals surface area contributed by atoms with Crippen molar-refractivity contribution >= 4 is 64.1 Å². The van der Waals surface area contributed by atoms with Crippen molar-refractivity contribution in [2.45, 2.75) is 6.18 Å². The summed E-state index contributed by atoms with van der Waals surface area (Å²) >= 11 is 23.1. The minimum Gasteiger partial charge on any atom is -0.480 e. The van der Waals surface area contributed by atoms with Crippen molar-refractivity contribution in [1.82, 2.24) is 4.98 Å². The standard InChI is InChI=1S/C16H9Cl4F3N2O4/c17-8-2-10(19)12(3-9(8)18)28-6-14(27)29-5-13(26)25-15-11(20)1-7(4-24-15)16(21,22)23/h1-4H,5-6H2,(H,24,25,26). The smallest absolute Gasteiger partial charge is 0.417 e. The molecule has 29 heavy (non-hydrogen) atoms. The Morgan fingerprint density at radius 3 is 2.24 bits per heavy atom. The third-order valence-corrected chi connectivity index (χ3v) is 4.42. The van der Waals surface area contributed by atoms with Gasteiger partial charge >= 0.3 is 12.1 Å². The van der Waals surface area contributed by atoms with E-state index in [1.54, 1.807) is 0 Å². The summed E-state index contributed by atoms with van der Waals surface area (Å²) < 4.78 is 47.5. The van der Waals surface area contributed by atoms with E-state index in [4.69, 9.17) is 51.1 Å². The molecule has 0 aliphatic carbocycles. The highest BCUT2D eigenvalue weighted by atomic mass is 35.5. The van der Waals surface area contributed by atoms with Gasteiger partial charge in [-0.3, -0.25) is 4.79 Å². The monoisotopic (exact) mass is 490 g/mol. The number of aromatic nitrogens is 1. The molecule has 1 N–H and O–H groups in total. The second-order valence-corrected chi connectivity index (χ2v) is 6.88. The van der Waals surface area contributed by atoms with Crippen LogP contribution in [0.15, 0.2) is 24.4 Å². The molecule has 1 aromatic carbocycles. The zero-order valence-electron chi connectivity index (χ0n) is 13.9. The van der Waals surface area contributed by atoms with Crippen molar-refractivity contribution in [2.24, 2.45) is 0 Å². The normalized spacial score (nSPS) is 11.1. The largest absolute Gasteiger partial charge is 0.480 e. The second kappa shape index (κ2) is 9.71. The van der Waals surface area contributed by atoms with Gasteiger partial charge in [0.05, 0.1) is 25.7 Å². The Balaban J connectivity index is 1.85. The number of rotatable bonds is 6. The van der Waals surface area contributed by atoms with Crippen molar-refractivity contribution in [1.29, 1.82) is 0 Å². The first-order chi connectivity index (χ1) is 13.5. The first kappa shape index (κ1) is 23.3. The van der Waals surface area contributed by atoms with Crippen molar-refractivity contribution in [3.63, 3.8) is 0 Å². The first-order valence-corrected chi connectivity index (χ1v) is 8.94. The van der Waals surface area contributed by atoms with E-state index in [0.29, 0.717) is 12.3 Å². The lowest BCUT2D eigenvalue weighted by molar-refractivity contribution is -0.149. The van der Waals surface area contributed by atoms with Gasteiger partial charge < -0.3 is 14.8 Å². The van der Waals surface area contributed by atoms with Crippen LogP contribution in [-0.2, 0) is 20.5 Å². The number of pyridine rings is 1. The maximum absolute atomic E-state index is 12.6. The predicted octanol–water partition coefficient (Wildman–Crippen LogP) is 5.27. The fourth-order valence-electron chi connectivity index (χ4n) is 1.79. The molecule has 0 atom stereocenters. The maximum Gasteiger partial charge on any atom is 0.417 e. The lowest BCUT2D eigenvalue weighted by Gasteiger charge is -2.11. The number of benzene rings is 1. The molecule has 156 valence electrons. The highest BCUT2D eigenvalue weighted by molar-refractivity contribution is 6.43. The molecule has 2 aromatic rings. The number of carbonyl (C=O) groups is 2. The Labute approximate surface area is 181 Å². The Morgan fingerprint density at radius 1 is 0.966 bits per heavy atom. The third-order valence-electron chi connectivity index (χ3n) is 3.11. The van der Waals surface area contributed by atoms with Gasteiger partial charge in [-0.1, -0.05) is 46.4 Å². The minimum atomic E-state index is -4.63. The van der Waals surface area contributed by atoms with Crippen molar-refractivity contribution in [3.8, 4) is 5.75 Å².